The van der Waals surface area contributed by atoms with Crippen LogP contribution in [0.4, 0.5) is 0 Å². The zero-order chi connectivity index (χ0) is 16.0. The second kappa shape index (κ2) is 7.79. The van der Waals surface area contributed by atoms with E-state index >= 15 is 0 Å². The van der Waals surface area contributed by atoms with Crippen LogP contribution in [0.5, 0.6) is 5.75 Å². The lowest BCUT2D eigenvalue weighted by Gasteiger charge is -2.31. The molecule has 0 unspecified atom stereocenters. The number of rotatable bonds is 7. The molecule has 0 amide bonds. The minimum absolute atomic E-state index is 0.0373. The summed E-state index contributed by atoms with van der Waals surface area (Å²) in [5, 5.41) is 0. The fraction of sp³-hybridized carbons (Fsp3) is 0.529. The Morgan fingerprint density at radius 3 is 3.00 bits per heavy atom. The van der Waals surface area contributed by atoms with E-state index in [9.17, 15) is 8.42 Å². The molecule has 1 aromatic carbocycles. The molecule has 1 aliphatic rings. The summed E-state index contributed by atoms with van der Waals surface area (Å²) in [5.41, 5.74) is 1.24. The van der Waals surface area contributed by atoms with Crippen molar-refractivity contribution in [3.63, 3.8) is 0 Å². The van der Waals surface area contributed by atoms with Crippen LogP contribution in [-0.2, 0) is 16.4 Å². The van der Waals surface area contributed by atoms with Crippen LogP contribution in [0.15, 0.2) is 36.9 Å². The smallest absolute Gasteiger partial charge is 0.217 e. The average Bonchev–Trinajstić information content (AvgIpc) is 2.53. The number of benzene rings is 1. The Hall–Kier alpha value is -1.33. The normalized spacial score (nSPS) is 19.8. The Morgan fingerprint density at radius 1 is 1.45 bits per heavy atom. The van der Waals surface area contributed by atoms with Gasteiger partial charge in [0.1, 0.15) is 5.75 Å². The largest absolute Gasteiger partial charge is 0.497 e. The number of nitrogens with zero attached hydrogens (tertiary/aromatic N) is 1. The van der Waals surface area contributed by atoms with Gasteiger partial charge >= 0.3 is 0 Å². The van der Waals surface area contributed by atoms with Crippen LogP contribution >= 0.6 is 0 Å². The topological polar surface area (TPSA) is 46.6 Å². The summed E-state index contributed by atoms with van der Waals surface area (Å²) in [6, 6.07) is 8.08. The molecule has 0 aromatic heterocycles. The molecule has 22 heavy (non-hydrogen) atoms. The maximum atomic E-state index is 12.1. The standard InChI is InChI=1S/C17H25NO3S/c1-3-12-22(19,20)18-11-5-7-16(14-18)10-9-15-6-4-8-17(13-15)21-2/h3-4,6,8,13,16H,1,5,7,9-12,14H2,2H3/t16-/m0/s1. The molecule has 122 valence electrons. The SMILES string of the molecule is C=CCS(=O)(=O)N1CCC[C@@H](CCc2cccc(OC)c2)C1. The third-order valence-corrected chi connectivity index (χ3v) is 5.95. The molecule has 0 N–H and O–H groups in total. The fourth-order valence-electron chi connectivity index (χ4n) is 2.97. The summed E-state index contributed by atoms with van der Waals surface area (Å²) >= 11 is 0. The highest BCUT2D eigenvalue weighted by Gasteiger charge is 2.27. The fourth-order valence-corrected chi connectivity index (χ4v) is 4.32. The van der Waals surface area contributed by atoms with Crippen molar-refractivity contribution in [2.75, 3.05) is 26.0 Å². The minimum Gasteiger partial charge on any atom is -0.497 e. The Bertz CT molecular complexity index is 598. The van der Waals surface area contributed by atoms with Crippen LogP contribution in [0.2, 0.25) is 0 Å². The predicted molar refractivity (Wildman–Crippen MR) is 89.6 cm³/mol. The van der Waals surface area contributed by atoms with Gasteiger partial charge < -0.3 is 4.74 Å². The van der Waals surface area contributed by atoms with Gasteiger partial charge in [-0.25, -0.2) is 12.7 Å². The number of ether oxygens (including phenoxy) is 1. The first-order valence-corrected chi connectivity index (χ1v) is 9.37. The van der Waals surface area contributed by atoms with Gasteiger partial charge in [-0.15, -0.1) is 6.58 Å². The molecule has 1 atom stereocenters. The van der Waals surface area contributed by atoms with Gasteiger partial charge in [0.15, 0.2) is 0 Å². The highest BCUT2D eigenvalue weighted by Crippen LogP contribution is 2.24. The molecule has 0 saturated carbocycles. The van der Waals surface area contributed by atoms with Gasteiger partial charge in [0.2, 0.25) is 10.0 Å². The van der Waals surface area contributed by atoms with Crippen LogP contribution in [0.25, 0.3) is 0 Å². The number of hydrogen-bond acceptors (Lipinski definition) is 3. The van der Waals surface area contributed by atoms with E-state index in [1.54, 1.807) is 11.4 Å². The lowest BCUT2D eigenvalue weighted by molar-refractivity contribution is 0.256. The molecule has 1 aliphatic heterocycles. The number of piperidine rings is 1. The second-order valence-corrected chi connectivity index (χ2v) is 7.84. The number of sulfonamides is 1. The second-order valence-electron chi connectivity index (χ2n) is 5.82. The lowest BCUT2D eigenvalue weighted by Crippen LogP contribution is -2.40. The van der Waals surface area contributed by atoms with E-state index in [0.29, 0.717) is 19.0 Å². The summed E-state index contributed by atoms with van der Waals surface area (Å²) in [7, 11) is -1.50. The van der Waals surface area contributed by atoms with Crippen molar-refractivity contribution >= 4 is 10.0 Å². The van der Waals surface area contributed by atoms with Gasteiger partial charge in [0.25, 0.3) is 0 Å². The number of methoxy groups -OCH3 is 1. The van der Waals surface area contributed by atoms with E-state index in [4.69, 9.17) is 4.74 Å². The Labute approximate surface area is 133 Å². The van der Waals surface area contributed by atoms with Crippen molar-refractivity contribution in [3.05, 3.63) is 42.5 Å². The zero-order valence-corrected chi connectivity index (χ0v) is 14.0. The van der Waals surface area contributed by atoms with Gasteiger partial charge in [0, 0.05) is 13.1 Å². The van der Waals surface area contributed by atoms with Crippen LogP contribution in [0.1, 0.15) is 24.8 Å². The summed E-state index contributed by atoms with van der Waals surface area (Å²) in [6.45, 7) is 4.82. The van der Waals surface area contributed by atoms with Crippen molar-refractivity contribution < 1.29 is 13.2 Å². The molecule has 1 aromatic rings. The van der Waals surface area contributed by atoms with Crippen molar-refractivity contribution in [2.24, 2.45) is 5.92 Å². The Balaban J connectivity index is 1.91. The lowest BCUT2D eigenvalue weighted by atomic mass is 9.93. The van der Waals surface area contributed by atoms with Gasteiger partial charge in [-0.1, -0.05) is 18.2 Å². The van der Waals surface area contributed by atoms with Crippen molar-refractivity contribution in [2.45, 2.75) is 25.7 Å². The van der Waals surface area contributed by atoms with Crippen LogP contribution in [0.3, 0.4) is 0 Å². The van der Waals surface area contributed by atoms with E-state index in [1.165, 1.54) is 11.6 Å². The molecule has 0 bridgehead atoms. The van der Waals surface area contributed by atoms with Crippen LogP contribution in [-0.4, -0.2) is 38.7 Å². The maximum Gasteiger partial charge on any atom is 0.217 e. The molecule has 0 radical (unpaired) electrons. The highest BCUT2D eigenvalue weighted by atomic mass is 32.2. The third-order valence-electron chi connectivity index (χ3n) is 4.18. The van der Waals surface area contributed by atoms with E-state index in [1.807, 2.05) is 12.1 Å². The Morgan fingerprint density at radius 2 is 2.27 bits per heavy atom. The first-order valence-electron chi connectivity index (χ1n) is 7.77. The van der Waals surface area contributed by atoms with E-state index < -0.39 is 10.0 Å². The molecule has 1 heterocycles. The van der Waals surface area contributed by atoms with Crippen LogP contribution in [0, 0.1) is 5.92 Å². The number of hydrogen-bond donors (Lipinski definition) is 0. The van der Waals surface area contributed by atoms with Gasteiger partial charge in [-0.3, -0.25) is 0 Å². The molecule has 5 heteroatoms. The zero-order valence-electron chi connectivity index (χ0n) is 13.2. The molecule has 1 fully saturated rings. The third kappa shape index (κ3) is 4.58. The van der Waals surface area contributed by atoms with E-state index in [-0.39, 0.29) is 5.75 Å². The first-order chi connectivity index (χ1) is 10.5. The van der Waals surface area contributed by atoms with Crippen molar-refractivity contribution in [3.8, 4) is 5.75 Å². The quantitative estimate of drug-likeness (QED) is 0.725. The molecular weight excluding hydrogens is 298 g/mol. The van der Waals surface area contributed by atoms with Gasteiger partial charge in [0.05, 0.1) is 12.9 Å². The van der Waals surface area contributed by atoms with Crippen LogP contribution < -0.4 is 4.74 Å². The molecular formula is C17H25NO3S. The molecule has 4 nitrogen and oxygen atoms in total. The van der Waals surface area contributed by atoms with E-state index in [2.05, 4.69) is 18.7 Å². The first kappa shape index (κ1) is 17.0. The maximum absolute atomic E-state index is 12.1. The summed E-state index contributed by atoms with van der Waals surface area (Å²) < 4.78 is 31.1. The summed E-state index contributed by atoms with van der Waals surface area (Å²) in [5.74, 6) is 1.34. The average molecular weight is 323 g/mol. The predicted octanol–water partition coefficient (Wildman–Crippen LogP) is 2.86. The monoisotopic (exact) mass is 323 g/mol. The number of aryl methyl sites for hydroxylation is 1. The summed E-state index contributed by atoms with van der Waals surface area (Å²) in [4.78, 5) is 0. The Kier molecular flexibility index (Phi) is 6.03. The van der Waals surface area contributed by atoms with Crippen molar-refractivity contribution in [1.82, 2.24) is 4.31 Å². The highest BCUT2D eigenvalue weighted by molar-refractivity contribution is 7.89. The summed E-state index contributed by atoms with van der Waals surface area (Å²) in [6.07, 6.45) is 5.48. The van der Waals surface area contributed by atoms with E-state index in [0.717, 1.165) is 31.4 Å². The van der Waals surface area contributed by atoms with Gasteiger partial charge in [-0.05, 0) is 49.3 Å². The molecule has 1 saturated heterocycles. The van der Waals surface area contributed by atoms with Gasteiger partial charge in [-0.2, -0.15) is 0 Å². The molecule has 2 rings (SSSR count). The minimum atomic E-state index is -3.16. The molecule has 0 spiro atoms. The van der Waals surface area contributed by atoms with Crippen molar-refractivity contribution in [1.29, 1.82) is 0 Å². The molecule has 0 aliphatic carbocycles.